The number of anilines is 1. The molecule has 0 radical (unpaired) electrons. The summed E-state index contributed by atoms with van der Waals surface area (Å²) in [5, 5.41) is 11.3. The molecule has 0 N–H and O–H groups in total. The molecule has 6 heteroatoms. The lowest BCUT2D eigenvalue weighted by Gasteiger charge is -2.29. The van der Waals surface area contributed by atoms with Gasteiger partial charge in [0.25, 0.3) is 5.69 Å². The monoisotopic (exact) mass is 291 g/mol. The number of Topliss-reactive ketones (excluding diaryl/α,β-unsaturated/α-hetero) is 1. The number of hydrogen-bond donors (Lipinski definition) is 0. The van der Waals surface area contributed by atoms with Crippen molar-refractivity contribution in [3.05, 3.63) is 33.9 Å². The van der Waals surface area contributed by atoms with Gasteiger partial charge in [-0.15, -0.1) is 0 Å². The first-order valence-electron chi connectivity index (χ1n) is 7.05. The summed E-state index contributed by atoms with van der Waals surface area (Å²) in [5.74, 6) is -0.162. The molecule has 114 valence electrons. The van der Waals surface area contributed by atoms with Gasteiger partial charge in [-0.25, -0.2) is 0 Å². The summed E-state index contributed by atoms with van der Waals surface area (Å²) in [5.41, 5.74) is 0.984. The number of ketones is 1. The van der Waals surface area contributed by atoms with Crippen molar-refractivity contribution in [3.63, 3.8) is 0 Å². The van der Waals surface area contributed by atoms with E-state index in [-0.39, 0.29) is 17.5 Å². The Kier molecular flexibility index (Phi) is 4.27. The van der Waals surface area contributed by atoms with Gasteiger partial charge < -0.3 is 9.80 Å². The first kappa shape index (κ1) is 15.4. The molecule has 1 saturated heterocycles. The number of hydrogen-bond acceptors (Lipinski definition) is 5. The van der Waals surface area contributed by atoms with Crippen LogP contribution in [0.5, 0.6) is 0 Å². The van der Waals surface area contributed by atoms with E-state index in [1.165, 1.54) is 13.0 Å². The average molecular weight is 291 g/mol. The molecule has 0 unspecified atom stereocenters. The first-order valence-corrected chi connectivity index (χ1v) is 7.05. The van der Waals surface area contributed by atoms with Gasteiger partial charge in [0.1, 0.15) is 5.69 Å². The quantitative estimate of drug-likeness (QED) is 0.484. The highest BCUT2D eigenvalue weighted by Crippen LogP contribution is 2.35. The van der Waals surface area contributed by atoms with E-state index in [0.29, 0.717) is 17.3 Å². The normalized spacial score (nSPS) is 21.9. The van der Waals surface area contributed by atoms with Crippen LogP contribution in [0.2, 0.25) is 0 Å². The summed E-state index contributed by atoms with van der Waals surface area (Å²) >= 11 is 0. The van der Waals surface area contributed by atoms with Gasteiger partial charge in [0.15, 0.2) is 5.78 Å². The Bertz CT molecular complexity index is 571. The van der Waals surface area contributed by atoms with Gasteiger partial charge in [-0.3, -0.25) is 14.9 Å². The number of carbonyl (C=O) groups is 1. The van der Waals surface area contributed by atoms with Crippen LogP contribution in [-0.2, 0) is 0 Å². The van der Waals surface area contributed by atoms with Crippen LogP contribution in [-0.4, -0.2) is 48.3 Å². The summed E-state index contributed by atoms with van der Waals surface area (Å²) in [6.07, 6.45) is 0.972. The number of carbonyl (C=O) groups excluding carboxylic acids is 1. The van der Waals surface area contributed by atoms with Crippen LogP contribution in [0, 0.1) is 10.1 Å². The second-order valence-corrected chi connectivity index (χ2v) is 5.77. The fourth-order valence-electron chi connectivity index (χ4n) is 3.08. The summed E-state index contributed by atoms with van der Waals surface area (Å²) in [6.45, 7) is 4.28. The number of rotatable bonds is 4. The van der Waals surface area contributed by atoms with E-state index < -0.39 is 4.92 Å². The molecule has 1 aliphatic heterocycles. The maximum atomic E-state index is 11.4. The van der Waals surface area contributed by atoms with Crippen LogP contribution in [0.25, 0.3) is 0 Å². The second-order valence-electron chi connectivity index (χ2n) is 5.77. The average Bonchev–Trinajstić information content (AvgIpc) is 2.79. The van der Waals surface area contributed by atoms with Crippen molar-refractivity contribution in [1.82, 2.24) is 4.90 Å². The minimum absolute atomic E-state index is 0.00829. The Hall–Kier alpha value is -1.95. The van der Waals surface area contributed by atoms with Crippen LogP contribution in [0.3, 0.4) is 0 Å². The molecule has 0 spiro atoms. The van der Waals surface area contributed by atoms with E-state index >= 15 is 0 Å². The molecular weight excluding hydrogens is 270 g/mol. The molecule has 0 aliphatic carbocycles. The second kappa shape index (κ2) is 5.81. The Labute approximate surface area is 124 Å². The minimum Gasteiger partial charge on any atom is -0.362 e. The zero-order chi connectivity index (χ0) is 15.7. The Morgan fingerprint density at radius 1 is 1.43 bits per heavy atom. The number of nitro groups is 1. The summed E-state index contributed by atoms with van der Waals surface area (Å²) in [4.78, 5) is 26.6. The van der Waals surface area contributed by atoms with Crippen molar-refractivity contribution in [1.29, 1.82) is 0 Å². The van der Waals surface area contributed by atoms with Gasteiger partial charge >= 0.3 is 0 Å². The third-order valence-corrected chi connectivity index (χ3v) is 4.27. The molecule has 0 bridgehead atoms. The molecule has 6 nitrogen and oxygen atoms in total. The fourth-order valence-corrected chi connectivity index (χ4v) is 3.08. The number of likely N-dealkylation sites (N-methyl/N-ethyl adjacent to an activating group) is 1. The predicted molar refractivity (Wildman–Crippen MR) is 82.0 cm³/mol. The summed E-state index contributed by atoms with van der Waals surface area (Å²) < 4.78 is 0. The Morgan fingerprint density at radius 3 is 2.57 bits per heavy atom. The van der Waals surface area contributed by atoms with Crippen molar-refractivity contribution in [2.75, 3.05) is 25.5 Å². The lowest BCUT2D eigenvalue weighted by Crippen LogP contribution is -2.40. The maximum absolute atomic E-state index is 11.4. The van der Waals surface area contributed by atoms with Gasteiger partial charge in [0.2, 0.25) is 0 Å². The minimum atomic E-state index is -0.405. The molecule has 2 atom stereocenters. The Morgan fingerprint density at radius 2 is 2.10 bits per heavy atom. The third-order valence-electron chi connectivity index (χ3n) is 4.27. The highest BCUT2D eigenvalue weighted by molar-refractivity contribution is 5.95. The number of nitrogens with zero attached hydrogens (tertiary/aromatic N) is 3. The molecule has 1 aliphatic rings. The fraction of sp³-hybridized carbons (Fsp3) is 0.533. The molecule has 21 heavy (non-hydrogen) atoms. The SMILES string of the molecule is CC(=O)c1ccc(N2CC[C@@H](N(C)C)[C@H]2C)c([N+](=O)[O-])c1. The summed E-state index contributed by atoms with van der Waals surface area (Å²) in [7, 11) is 4.05. The zero-order valence-electron chi connectivity index (χ0n) is 12.9. The van der Waals surface area contributed by atoms with Crippen molar-refractivity contribution >= 4 is 17.2 Å². The molecule has 1 aromatic carbocycles. The van der Waals surface area contributed by atoms with Gasteiger partial charge in [-0.1, -0.05) is 0 Å². The summed E-state index contributed by atoms with van der Waals surface area (Å²) in [6, 6.07) is 5.32. The van der Waals surface area contributed by atoms with Crippen molar-refractivity contribution < 1.29 is 9.72 Å². The molecule has 1 heterocycles. The van der Waals surface area contributed by atoms with Crippen LogP contribution >= 0.6 is 0 Å². The van der Waals surface area contributed by atoms with E-state index in [1.807, 2.05) is 14.1 Å². The van der Waals surface area contributed by atoms with Crippen molar-refractivity contribution in [2.45, 2.75) is 32.4 Å². The van der Waals surface area contributed by atoms with Gasteiger partial charge in [-0.2, -0.15) is 0 Å². The number of nitro benzene ring substituents is 1. The van der Waals surface area contributed by atoms with E-state index in [1.54, 1.807) is 12.1 Å². The smallest absolute Gasteiger partial charge is 0.293 e. The van der Waals surface area contributed by atoms with Crippen molar-refractivity contribution in [3.8, 4) is 0 Å². The van der Waals surface area contributed by atoms with Crippen LogP contribution in [0.1, 0.15) is 30.6 Å². The van der Waals surface area contributed by atoms with E-state index in [9.17, 15) is 14.9 Å². The van der Waals surface area contributed by atoms with Gasteiger partial charge in [0.05, 0.1) is 4.92 Å². The molecule has 1 aromatic rings. The zero-order valence-corrected chi connectivity index (χ0v) is 12.9. The van der Waals surface area contributed by atoms with Gasteiger partial charge in [-0.05, 0) is 46.5 Å². The largest absolute Gasteiger partial charge is 0.362 e. The van der Waals surface area contributed by atoms with E-state index in [2.05, 4.69) is 16.7 Å². The predicted octanol–water partition coefficient (Wildman–Crippen LogP) is 2.33. The standard InChI is InChI=1S/C15H21N3O3/c1-10-13(16(3)4)7-8-17(10)14-6-5-12(11(2)19)9-15(14)18(20)21/h5-6,9-10,13H,7-8H2,1-4H3/t10-,13-/m1/s1. The third kappa shape index (κ3) is 2.90. The molecule has 0 saturated carbocycles. The topological polar surface area (TPSA) is 66.7 Å². The maximum Gasteiger partial charge on any atom is 0.293 e. The van der Waals surface area contributed by atoms with E-state index in [0.717, 1.165) is 13.0 Å². The lowest BCUT2D eigenvalue weighted by molar-refractivity contribution is -0.384. The first-order chi connectivity index (χ1) is 9.82. The van der Waals surface area contributed by atoms with E-state index in [4.69, 9.17) is 0 Å². The van der Waals surface area contributed by atoms with Gasteiger partial charge in [0, 0.05) is 30.3 Å². The number of benzene rings is 1. The highest BCUT2D eigenvalue weighted by Gasteiger charge is 2.35. The van der Waals surface area contributed by atoms with Crippen LogP contribution in [0.15, 0.2) is 18.2 Å². The molecule has 2 rings (SSSR count). The van der Waals surface area contributed by atoms with Crippen molar-refractivity contribution in [2.24, 2.45) is 0 Å². The molecular formula is C15H21N3O3. The van der Waals surface area contributed by atoms with Crippen LogP contribution in [0.4, 0.5) is 11.4 Å². The molecule has 0 amide bonds. The molecule has 0 aromatic heterocycles. The molecule has 1 fully saturated rings. The lowest BCUT2D eigenvalue weighted by atomic mass is 10.1. The highest BCUT2D eigenvalue weighted by atomic mass is 16.6. The van der Waals surface area contributed by atoms with Crippen LogP contribution < -0.4 is 4.90 Å². The Balaban J connectivity index is 2.40.